The summed E-state index contributed by atoms with van der Waals surface area (Å²) >= 11 is 6.06. The third kappa shape index (κ3) is 5.94. The standard InChI is InChI=1S/C22H25ClFN3O2/c1-16-5-8-18(15-20(16)23)25-21(28)3-2-4-22(29)27-13-11-26(12-14-27)19-9-6-17(24)7-10-19/h5-10,15H,2-4,11-14H2,1H3,(H,25,28). The Morgan fingerprint density at radius 1 is 1.03 bits per heavy atom. The average molecular weight is 418 g/mol. The number of piperazine rings is 1. The van der Waals surface area contributed by atoms with E-state index in [2.05, 4.69) is 10.2 Å². The Hall–Kier alpha value is -2.60. The van der Waals surface area contributed by atoms with Crippen LogP contribution in [0.15, 0.2) is 42.5 Å². The van der Waals surface area contributed by atoms with Crippen LogP contribution in [0, 0.1) is 12.7 Å². The summed E-state index contributed by atoms with van der Waals surface area (Å²) in [6.45, 7) is 4.59. The van der Waals surface area contributed by atoms with Crippen molar-refractivity contribution < 1.29 is 14.0 Å². The van der Waals surface area contributed by atoms with E-state index in [9.17, 15) is 14.0 Å². The molecule has 2 amide bonds. The van der Waals surface area contributed by atoms with Gasteiger partial charge in [-0.3, -0.25) is 9.59 Å². The lowest BCUT2D eigenvalue weighted by Gasteiger charge is -2.36. The van der Waals surface area contributed by atoms with Crippen LogP contribution < -0.4 is 10.2 Å². The number of carbonyl (C=O) groups is 2. The zero-order valence-corrected chi connectivity index (χ0v) is 17.2. The summed E-state index contributed by atoms with van der Waals surface area (Å²) in [5, 5.41) is 3.42. The minimum absolute atomic E-state index is 0.0648. The lowest BCUT2D eigenvalue weighted by atomic mass is 10.1. The molecular formula is C22H25ClFN3O2. The fourth-order valence-corrected chi connectivity index (χ4v) is 3.50. The van der Waals surface area contributed by atoms with E-state index in [1.165, 1.54) is 12.1 Å². The molecule has 29 heavy (non-hydrogen) atoms. The molecule has 0 bridgehead atoms. The van der Waals surface area contributed by atoms with Gasteiger partial charge < -0.3 is 15.1 Å². The highest BCUT2D eigenvalue weighted by Crippen LogP contribution is 2.20. The van der Waals surface area contributed by atoms with Crippen LogP contribution in [0.2, 0.25) is 5.02 Å². The summed E-state index contributed by atoms with van der Waals surface area (Å²) in [4.78, 5) is 28.5. The Labute approximate surface area is 175 Å². The van der Waals surface area contributed by atoms with Gasteiger partial charge in [-0.1, -0.05) is 17.7 Å². The molecule has 1 saturated heterocycles. The molecule has 0 aliphatic carbocycles. The fourth-order valence-electron chi connectivity index (χ4n) is 3.32. The van der Waals surface area contributed by atoms with Gasteiger partial charge in [0.25, 0.3) is 0 Å². The van der Waals surface area contributed by atoms with Gasteiger partial charge in [-0.15, -0.1) is 0 Å². The molecule has 1 fully saturated rings. The van der Waals surface area contributed by atoms with Gasteiger partial charge >= 0.3 is 0 Å². The maximum atomic E-state index is 13.0. The second-order valence-corrected chi connectivity index (χ2v) is 7.62. The van der Waals surface area contributed by atoms with E-state index in [1.54, 1.807) is 18.2 Å². The number of hydrogen-bond donors (Lipinski definition) is 1. The minimum Gasteiger partial charge on any atom is -0.368 e. The van der Waals surface area contributed by atoms with Gasteiger partial charge in [0.1, 0.15) is 5.82 Å². The average Bonchev–Trinajstić information content (AvgIpc) is 2.71. The zero-order valence-electron chi connectivity index (χ0n) is 16.5. The van der Waals surface area contributed by atoms with Crippen molar-refractivity contribution in [2.45, 2.75) is 26.2 Å². The molecule has 2 aromatic carbocycles. The second-order valence-electron chi connectivity index (χ2n) is 7.21. The van der Waals surface area contributed by atoms with E-state index >= 15 is 0 Å². The molecular weight excluding hydrogens is 393 g/mol. The molecule has 3 rings (SSSR count). The molecule has 0 spiro atoms. The van der Waals surface area contributed by atoms with Gasteiger partial charge in [0.2, 0.25) is 11.8 Å². The van der Waals surface area contributed by atoms with Crippen LogP contribution in [-0.2, 0) is 9.59 Å². The van der Waals surface area contributed by atoms with E-state index < -0.39 is 0 Å². The highest BCUT2D eigenvalue weighted by atomic mass is 35.5. The number of nitrogens with one attached hydrogen (secondary N) is 1. The maximum Gasteiger partial charge on any atom is 0.224 e. The van der Waals surface area contributed by atoms with Gasteiger partial charge in [0, 0.05) is 55.4 Å². The Balaban J connectivity index is 1.38. The monoisotopic (exact) mass is 417 g/mol. The van der Waals surface area contributed by atoms with Crippen molar-refractivity contribution >= 4 is 34.8 Å². The number of rotatable bonds is 6. The maximum absolute atomic E-state index is 13.0. The number of anilines is 2. The zero-order chi connectivity index (χ0) is 20.8. The molecule has 5 nitrogen and oxygen atoms in total. The van der Waals surface area contributed by atoms with Gasteiger partial charge in [-0.2, -0.15) is 0 Å². The molecule has 0 saturated carbocycles. The normalized spacial score (nSPS) is 14.0. The molecule has 1 aliphatic rings. The van der Waals surface area contributed by atoms with Crippen molar-refractivity contribution in [2.24, 2.45) is 0 Å². The number of carbonyl (C=O) groups excluding carboxylic acids is 2. The van der Waals surface area contributed by atoms with Crippen LogP contribution in [0.25, 0.3) is 0 Å². The fraction of sp³-hybridized carbons (Fsp3) is 0.364. The molecule has 7 heteroatoms. The molecule has 2 aromatic rings. The predicted molar refractivity (Wildman–Crippen MR) is 114 cm³/mol. The van der Waals surface area contributed by atoms with Crippen molar-refractivity contribution in [3.63, 3.8) is 0 Å². The lowest BCUT2D eigenvalue weighted by Crippen LogP contribution is -2.48. The quantitative estimate of drug-likeness (QED) is 0.764. The molecule has 0 atom stereocenters. The summed E-state index contributed by atoms with van der Waals surface area (Å²) < 4.78 is 13.0. The lowest BCUT2D eigenvalue weighted by molar-refractivity contribution is -0.131. The number of aryl methyl sites for hydroxylation is 1. The van der Waals surface area contributed by atoms with E-state index in [0.29, 0.717) is 49.7 Å². The number of hydrogen-bond acceptors (Lipinski definition) is 3. The van der Waals surface area contributed by atoms with E-state index in [1.807, 2.05) is 24.0 Å². The minimum atomic E-state index is -0.253. The van der Waals surface area contributed by atoms with Crippen LogP contribution in [-0.4, -0.2) is 42.9 Å². The highest BCUT2D eigenvalue weighted by molar-refractivity contribution is 6.31. The van der Waals surface area contributed by atoms with Crippen LogP contribution >= 0.6 is 11.6 Å². The molecule has 1 heterocycles. The van der Waals surface area contributed by atoms with E-state index in [0.717, 1.165) is 11.3 Å². The molecule has 1 aliphatic heterocycles. The second kappa shape index (κ2) is 9.74. The third-order valence-corrected chi connectivity index (χ3v) is 5.48. The third-order valence-electron chi connectivity index (χ3n) is 5.07. The smallest absolute Gasteiger partial charge is 0.224 e. The van der Waals surface area contributed by atoms with Gasteiger partial charge in [-0.05, 0) is 55.3 Å². The van der Waals surface area contributed by atoms with E-state index in [4.69, 9.17) is 11.6 Å². The molecule has 0 radical (unpaired) electrons. The van der Waals surface area contributed by atoms with E-state index in [-0.39, 0.29) is 24.1 Å². The molecule has 1 N–H and O–H groups in total. The molecule has 0 aromatic heterocycles. The van der Waals surface area contributed by atoms with Gasteiger partial charge in [0.15, 0.2) is 0 Å². The first-order chi connectivity index (χ1) is 13.9. The van der Waals surface area contributed by atoms with Crippen LogP contribution in [0.3, 0.4) is 0 Å². The first-order valence-corrected chi connectivity index (χ1v) is 10.1. The summed E-state index contributed by atoms with van der Waals surface area (Å²) in [6, 6.07) is 11.8. The molecule has 0 unspecified atom stereocenters. The largest absolute Gasteiger partial charge is 0.368 e. The van der Waals surface area contributed by atoms with Crippen molar-refractivity contribution in [1.29, 1.82) is 0 Å². The Morgan fingerprint density at radius 2 is 1.72 bits per heavy atom. The summed E-state index contributed by atoms with van der Waals surface area (Å²) in [7, 11) is 0. The predicted octanol–water partition coefficient (Wildman–Crippen LogP) is 4.25. The summed E-state index contributed by atoms with van der Waals surface area (Å²) in [5.41, 5.74) is 2.58. The van der Waals surface area contributed by atoms with Crippen LogP contribution in [0.4, 0.5) is 15.8 Å². The number of amides is 2. The highest BCUT2D eigenvalue weighted by Gasteiger charge is 2.21. The Kier molecular flexibility index (Phi) is 7.09. The Bertz CT molecular complexity index is 865. The van der Waals surface area contributed by atoms with Gasteiger partial charge in [-0.25, -0.2) is 4.39 Å². The van der Waals surface area contributed by atoms with Gasteiger partial charge in [0.05, 0.1) is 0 Å². The van der Waals surface area contributed by atoms with Crippen LogP contribution in [0.1, 0.15) is 24.8 Å². The summed E-state index contributed by atoms with van der Waals surface area (Å²) in [6.07, 6.45) is 1.13. The molecule has 154 valence electrons. The van der Waals surface area contributed by atoms with Crippen molar-refractivity contribution in [3.05, 3.63) is 58.9 Å². The van der Waals surface area contributed by atoms with Crippen molar-refractivity contribution in [2.75, 3.05) is 36.4 Å². The summed E-state index contributed by atoms with van der Waals surface area (Å²) in [5.74, 6) is -0.314. The Morgan fingerprint density at radius 3 is 2.38 bits per heavy atom. The number of benzene rings is 2. The first kappa shape index (κ1) is 21.1. The van der Waals surface area contributed by atoms with Crippen molar-refractivity contribution in [3.8, 4) is 0 Å². The van der Waals surface area contributed by atoms with Crippen LogP contribution in [0.5, 0.6) is 0 Å². The number of halogens is 2. The SMILES string of the molecule is Cc1ccc(NC(=O)CCCC(=O)N2CCN(c3ccc(F)cc3)CC2)cc1Cl. The van der Waals surface area contributed by atoms with Crippen molar-refractivity contribution in [1.82, 2.24) is 4.90 Å². The number of nitrogens with zero attached hydrogens (tertiary/aromatic N) is 2. The topological polar surface area (TPSA) is 52.7 Å². The first-order valence-electron chi connectivity index (χ1n) is 9.76.